The molecule has 0 aromatic heterocycles. The molecule has 1 aromatic carbocycles. The fourth-order valence-electron chi connectivity index (χ4n) is 3.40. The smallest absolute Gasteiger partial charge is 0.0835 e. The van der Waals surface area contributed by atoms with E-state index < -0.39 is 0 Å². The molecule has 0 radical (unpaired) electrons. The SMILES string of the molecule is CCc1cc(CC)c(C(O)C2CCCNC2)c(CC)c1. The Hall–Kier alpha value is -0.860. The zero-order valence-electron chi connectivity index (χ0n) is 13.2. The number of aliphatic hydroxyl groups is 1. The highest BCUT2D eigenvalue weighted by molar-refractivity contribution is 5.41. The zero-order chi connectivity index (χ0) is 14.5. The lowest BCUT2D eigenvalue weighted by molar-refractivity contribution is 0.0906. The summed E-state index contributed by atoms with van der Waals surface area (Å²) in [6, 6.07) is 4.60. The van der Waals surface area contributed by atoms with Gasteiger partial charge in [0.15, 0.2) is 0 Å². The van der Waals surface area contributed by atoms with Crippen LogP contribution in [0.3, 0.4) is 0 Å². The number of hydrogen-bond acceptors (Lipinski definition) is 2. The molecule has 2 unspecified atom stereocenters. The lowest BCUT2D eigenvalue weighted by Gasteiger charge is -2.30. The molecule has 1 saturated heterocycles. The Labute approximate surface area is 123 Å². The molecule has 0 saturated carbocycles. The van der Waals surface area contributed by atoms with Gasteiger partial charge in [0.2, 0.25) is 0 Å². The van der Waals surface area contributed by atoms with Crippen molar-refractivity contribution in [2.75, 3.05) is 13.1 Å². The van der Waals surface area contributed by atoms with Gasteiger partial charge in [-0.05, 0) is 60.9 Å². The van der Waals surface area contributed by atoms with Gasteiger partial charge in [-0.1, -0.05) is 32.9 Å². The molecule has 20 heavy (non-hydrogen) atoms. The fraction of sp³-hybridized carbons (Fsp3) is 0.667. The topological polar surface area (TPSA) is 32.3 Å². The normalized spacial score (nSPS) is 20.9. The van der Waals surface area contributed by atoms with Crippen molar-refractivity contribution in [3.63, 3.8) is 0 Å². The van der Waals surface area contributed by atoms with Gasteiger partial charge in [-0.3, -0.25) is 0 Å². The molecule has 1 aromatic rings. The molecular weight excluding hydrogens is 246 g/mol. The van der Waals surface area contributed by atoms with Gasteiger partial charge in [0.25, 0.3) is 0 Å². The molecule has 1 aliphatic heterocycles. The average Bonchev–Trinajstić information content (AvgIpc) is 2.53. The van der Waals surface area contributed by atoms with Gasteiger partial charge in [0.05, 0.1) is 6.10 Å². The average molecular weight is 275 g/mol. The second-order valence-electron chi connectivity index (χ2n) is 5.94. The van der Waals surface area contributed by atoms with E-state index in [1.807, 2.05) is 0 Å². The summed E-state index contributed by atoms with van der Waals surface area (Å²) in [7, 11) is 0. The Bertz CT molecular complexity index is 410. The number of benzene rings is 1. The number of aryl methyl sites for hydroxylation is 3. The van der Waals surface area contributed by atoms with Crippen molar-refractivity contribution < 1.29 is 5.11 Å². The van der Waals surface area contributed by atoms with Crippen molar-refractivity contribution >= 4 is 0 Å². The predicted octanol–water partition coefficient (Wildman–Crippen LogP) is 3.41. The maximum absolute atomic E-state index is 10.9. The van der Waals surface area contributed by atoms with Crippen LogP contribution < -0.4 is 5.32 Å². The highest BCUT2D eigenvalue weighted by Gasteiger charge is 2.26. The van der Waals surface area contributed by atoms with Gasteiger partial charge < -0.3 is 10.4 Å². The minimum atomic E-state index is -0.307. The minimum Gasteiger partial charge on any atom is -0.388 e. The van der Waals surface area contributed by atoms with Crippen LogP contribution in [-0.4, -0.2) is 18.2 Å². The van der Waals surface area contributed by atoms with Crippen LogP contribution in [0.15, 0.2) is 12.1 Å². The third-order valence-electron chi connectivity index (χ3n) is 4.66. The number of piperidine rings is 1. The molecule has 2 heteroatoms. The van der Waals surface area contributed by atoms with E-state index in [1.165, 1.54) is 28.7 Å². The van der Waals surface area contributed by atoms with Crippen molar-refractivity contribution in [1.82, 2.24) is 5.32 Å². The van der Waals surface area contributed by atoms with Gasteiger partial charge >= 0.3 is 0 Å². The molecule has 112 valence electrons. The molecule has 2 nitrogen and oxygen atoms in total. The Kier molecular flexibility index (Phi) is 5.62. The summed E-state index contributed by atoms with van der Waals surface area (Å²) in [6.45, 7) is 8.64. The maximum atomic E-state index is 10.9. The van der Waals surface area contributed by atoms with Gasteiger partial charge in [0, 0.05) is 12.5 Å². The molecule has 0 bridgehead atoms. The number of aliphatic hydroxyl groups excluding tert-OH is 1. The first-order valence-corrected chi connectivity index (χ1v) is 8.24. The summed E-state index contributed by atoms with van der Waals surface area (Å²) in [5, 5.41) is 14.3. The summed E-state index contributed by atoms with van der Waals surface area (Å²) >= 11 is 0. The van der Waals surface area contributed by atoms with Crippen LogP contribution in [0.5, 0.6) is 0 Å². The molecule has 0 spiro atoms. The monoisotopic (exact) mass is 275 g/mol. The van der Waals surface area contributed by atoms with Crippen LogP contribution in [0, 0.1) is 5.92 Å². The summed E-state index contributed by atoms with van der Waals surface area (Å²) in [6.07, 6.45) is 5.09. The Morgan fingerprint density at radius 2 is 1.80 bits per heavy atom. The fourth-order valence-corrected chi connectivity index (χ4v) is 3.40. The molecule has 2 N–H and O–H groups in total. The van der Waals surface area contributed by atoms with E-state index in [0.717, 1.165) is 38.8 Å². The zero-order valence-corrected chi connectivity index (χ0v) is 13.2. The van der Waals surface area contributed by atoms with Crippen molar-refractivity contribution in [3.05, 3.63) is 34.4 Å². The minimum absolute atomic E-state index is 0.307. The van der Waals surface area contributed by atoms with E-state index >= 15 is 0 Å². The molecule has 1 heterocycles. The first-order chi connectivity index (χ1) is 9.71. The van der Waals surface area contributed by atoms with E-state index in [9.17, 15) is 5.11 Å². The van der Waals surface area contributed by atoms with E-state index in [2.05, 4.69) is 38.2 Å². The molecule has 0 amide bonds. The third kappa shape index (κ3) is 3.24. The summed E-state index contributed by atoms with van der Waals surface area (Å²) in [5.41, 5.74) is 5.32. The van der Waals surface area contributed by atoms with Crippen molar-refractivity contribution in [3.8, 4) is 0 Å². The van der Waals surface area contributed by atoms with Crippen molar-refractivity contribution in [2.45, 2.75) is 59.0 Å². The lowest BCUT2D eigenvalue weighted by atomic mass is 9.83. The molecule has 1 fully saturated rings. The van der Waals surface area contributed by atoms with Crippen LogP contribution in [0.4, 0.5) is 0 Å². The van der Waals surface area contributed by atoms with Crippen LogP contribution in [0.1, 0.15) is 62.0 Å². The maximum Gasteiger partial charge on any atom is 0.0835 e. The highest BCUT2D eigenvalue weighted by Crippen LogP contribution is 2.33. The first kappa shape index (κ1) is 15.5. The van der Waals surface area contributed by atoms with Crippen molar-refractivity contribution in [1.29, 1.82) is 0 Å². The van der Waals surface area contributed by atoms with Gasteiger partial charge in [-0.25, -0.2) is 0 Å². The van der Waals surface area contributed by atoms with Crippen LogP contribution in [-0.2, 0) is 19.3 Å². The van der Waals surface area contributed by atoms with Gasteiger partial charge in [-0.2, -0.15) is 0 Å². The van der Waals surface area contributed by atoms with E-state index in [-0.39, 0.29) is 6.10 Å². The van der Waals surface area contributed by atoms with Gasteiger partial charge in [-0.15, -0.1) is 0 Å². The molecule has 2 atom stereocenters. The number of hydrogen-bond donors (Lipinski definition) is 2. The largest absolute Gasteiger partial charge is 0.388 e. The molecule has 2 rings (SSSR count). The second kappa shape index (κ2) is 7.24. The summed E-state index contributed by atoms with van der Waals surface area (Å²) < 4.78 is 0. The second-order valence-corrected chi connectivity index (χ2v) is 5.94. The van der Waals surface area contributed by atoms with E-state index in [4.69, 9.17) is 0 Å². The molecule has 1 aliphatic rings. The molecule has 0 aliphatic carbocycles. The van der Waals surface area contributed by atoms with Crippen molar-refractivity contribution in [2.24, 2.45) is 5.92 Å². The van der Waals surface area contributed by atoms with E-state index in [0.29, 0.717) is 5.92 Å². The van der Waals surface area contributed by atoms with E-state index in [1.54, 1.807) is 0 Å². The quantitative estimate of drug-likeness (QED) is 0.863. The first-order valence-electron chi connectivity index (χ1n) is 8.24. The number of nitrogens with one attached hydrogen (secondary N) is 1. The highest BCUT2D eigenvalue weighted by atomic mass is 16.3. The Balaban J connectivity index is 2.36. The summed E-state index contributed by atoms with van der Waals surface area (Å²) in [5.74, 6) is 0.367. The molecular formula is C18H29NO. The Morgan fingerprint density at radius 3 is 2.25 bits per heavy atom. The number of rotatable bonds is 5. The Morgan fingerprint density at radius 1 is 1.15 bits per heavy atom. The van der Waals surface area contributed by atoms with Gasteiger partial charge in [0.1, 0.15) is 0 Å². The lowest BCUT2D eigenvalue weighted by Crippen LogP contribution is -2.33. The summed E-state index contributed by atoms with van der Waals surface area (Å²) in [4.78, 5) is 0. The standard InChI is InChI=1S/C18H29NO/c1-4-13-10-14(5-2)17(15(6-3)11-13)18(20)16-8-7-9-19-12-16/h10-11,16,18-20H,4-9,12H2,1-3H3. The third-order valence-corrected chi connectivity index (χ3v) is 4.66. The van der Waals surface area contributed by atoms with Crippen LogP contribution in [0.25, 0.3) is 0 Å². The van der Waals surface area contributed by atoms with Crippen LogP contribution >= 0.6 is 0 Å². The predicted molar refractivity (Wildman–Crippen MR) is 85.1 cm³/mol. The van der Waals surface area contributed by atoms with Crippen LogP contribution in [0.2, 0.25) is 0 Å².